The number of carbonyl (C=O) groups excluding carboxylic acids is 2. The van der Waals surface area contributed by atoms with Crippen molar-refractivity contribution in [1.82, 2.24) is 10.2 Å². The summed E-state index contributed by atoms with van der Waals surface area (Å²) in [7, 11) is 0. The first-order chi connectivity index (χ1) is 10.6. The molecule has 1 fully saturated rings. The molecule has 1 aliphatic heterocycles. The van der Waals surface area contributed by atoms with E-state index in [0.29, 0.717) is 19.5 Å². The summed E-state index contributed by atoms with van der Waals surface area (Å²) < 4.78 is 0. The minimum Gasteiger partial charge on any atom is -0.352 e. The SMILES string of the molecule is CCCC(=O)N1CCCC1C(=O)NCC(N)c1ccccc1.Cl. The minimum atomic E-state index is -0.331. The molecule has 1 aliphatic rings. The van der Waals surface area contributed by atoms with Gasteiger partial charge in [0.2, 0.25) is 11.8 Å². The first kappa shape index (κ1) is 19.5. The molecule has 23 heavy (non-hydrogen) atoms. The molecule has 2 atom stereocenters. The van der Waals surface area contributed by atoms with Gasteiger partial charge in [0, 0.05) is 25.6 Å². The van der Waals surface area contributed by atoms with Crippen molar-refractivity contribution < 1.29 is 9.59 Å². The van der Waals surface area contributed by atoms with E-state index >= 15 is 0 Å². The second-order valence-corrected chi connectivity index (χ2v) is 5.76. The lowest BCUT2D eigenvalue weighted by Crippen LogP contribution is -2.47. The van der Waals surface area contributed by atoms with Crippen molar-refractivity contribution in [3.63, 3.8) is 0 Å². The van der Waals surface area contributed by atoms with E-state index in [-0.39, 0.29) is 36.3 Å². The van der Waals surface area contributed by atoms with Gasteiger partial charge < -0.3 is 16.0 Å². The van der Waals surface area contributed by atoms with Gasteiger partial charge in [-0.3, -0.25) is 9.59 Å². The van der Waals surface area contributed by atoms with Crippen LogP contribution in [0, 0.1) is 0 Å². The third-order valence-electron chi connectivity index (χ3n) is 4.06. The number of nitrogens with zero attached hydrogens (tertiary/aromatic N) is 1. The van der Waals surface area contributed by atoms with Gasteiger partial charge >= 0.3 is 0 Å². The standard InChI is InChI=1S/C17H25N3O2.ClH/c1-2-7-16(21)20-11-6-10-15(20)17(22)19-12-14(18)13-8-4-3-5-9-13;/h3-5,8-9,14-15H,2,6-7,10-12,18H2,1H3,(H,19,22);1H. The Balaban J connectivity index is 0.00000264. The van der Waals surface area contributed by atoms with Crippen LogP contribution in [0.15, 0.2) is 30.3 Å². The zero-order chi connectivity index (χ0) is 15.9. The number of nitrogens with one attached hydrogen (secondary N) is 1. The molecular weight excluding hydrogens is 314 g/mol. The fraction of sp³-hybridized carbons (Fsp3) is 0.529. The first-order valence-corrected chi connectivity index (χ1v) is 8.01. The molecule has 0 bridgehead atoms. The second kappa shape index (κ2) is 9.53. The molecule has 2 amide bonds. The van der Waals surface area contributed by atoms with E-state index in [0.717, 1.165) is 24.8 Å². The maximum atomic E-state index is 12.3. The summed E-state index contributed by atoms with van der Waals surface area (Å²) in [4.78, 5) is 26.1. The predicted octanol–water partition coefficient (Wildman–Crippen LogP) is 2.02. The van der Waals surface area contributed by atoms with E-state index in [1.165, 1.54) is 0 Å². The van der Waals surface area contributed by atoms with E-state index in [1.54, 1.807) is 4.90 Å². The molecule has 2 rings (SSSR count). The summed E-state index contributed by atoms with van der Waals surface area (Å²) >= 11 is 0. The van der Waals surface area contributed by atoms with Crippen molar-refractivity contribution in [2.45, 2.75) is 44.7 Å². The molecule has 3 N–H and O–H groups in total. The molecule has 6 heteroatoms. The number of hydrogen-bond acceptors (Lipinski definition) is 3. The van der Waals surface area contributed by atoms with E-state index in [1.807, 2.05) is 37.3 Å². The van der Waals surface area contributed by atoms with Crippen molar-refractivity contribution in [2.24, 2.45) is 5.73 Å². The highest BCUT2D eigenvalue weighted by molar-refractivity contribution is 5.88. The van der Waals surface area contributed by atoms with Crippen molar-refractivity contribution in [3.05, 3.63) is 35.9 Å². The summed E-state index contributed by atoms with van der Waals surface area (Å²) in [5.41, 5.74) is 7.08. The zero-order valence-electron chi connectivity index (χ0n) is 13.5. The lowest BCUT2D eigenvalue weighted by molar-refractivity contribution is -0.138. The van der Waals surface area contributed by atoms with Gasteiger partial charge in [-0.05, 0) is 24.8 Å². The lowest BCUT2D eigenvalue weighted by atomic mass is 10.1. The van der Waals surface area contributed by atoms with Gasteiger partial charge in [-0.1, -0.05) is 37.3 Å². The Morgan fingerprint density at radius 3 is 2.70 bits per heavy atom. The predicted molar refractivity (Wildman–Crippen MR) is 93.3 cm³/mol. The molecule has 0 aromatic heterocycles. The molecule has 0 aliphatic carbocycles. The number of hydrogen-bond donors (Lipinski definition) is 2. The average Bonchev–Trinajstić information content (AvgIpc) is 3.03. The number of benzene rings is 1. The normalized spacial score (nSPS) is 18.2. The van der Waals surface area contributed by atoms with Crippen LogP contribution in [0.1, 0.15) is 44.2 Å². The Bertz CT molecular complexity index is 510. The lowest BCUT2D eigenvalue weighted by Gasteiger charge is -2.24. The molecule has 1 saturated heterocycles. The van der Waals surface area contributed by atoms with E-state index in [2.05, 4.69) is 5.32 Å². The van der Waals surface area contributed by atoms with Crippen molar-refractivity contribution in [1.29, 1.82) is 0 Å². The average molecular weight is 340 g/mol. The third-order valence-corrected chi connectivity index (χ3v) is 4.06. The van der Waals surface area contributed by atoms with Crippen LogP contribution in [-0.2, 0) is 9.59 Å². The van der Waals surface area contributed by atoms with Crippen LogP contribution in [0.4, 0.5) is 0 Å². The van der Waals surface area contributed by atoms with Crippen LogP contribution in [0.3, 0.4) is 0 Å². The van der Waals surface area contributed by atoms with Gasteiger partial charge in [-0.15, -0.1) is 12.4 Å². The monoisotopic (exact) mass is 339 g/mol. The molecule has 1 aromatic carbocycles. The zero-order valence-corrected chi connectivity index (χ0v) is 14.3. The topological polar surface area (TPSA) is 75.4 Å². The molecule has 0 radical (unpaired) electrons. The molecule has 1 heterocycles. The molecule has 0 saturated carbocycles. The first-order valence-electron chi connectivity index (χ1n) is 8.01. The largest absolute Gasteiger partial charge is 0.352 e. The number of amides is 2. The van der Waals surface area contributed by atoms with Crippen molar-refractivity contribution in [2.75, 3.05) is 13.1 Å². The van der Waals surface area contributed by atoms with Crippen molar-refractivity contribution >= 4 is 24.2 Å². The highest BCUT2D eigenvalue weighted by Crippen LogP contribution is 2.19. The molecular formula is C17H26ClN3O2. The van der Waals surface area contributed by atoms with Crippen LogP contribution in [0.2, 0.25) is 0 Å². The highest BCUT2D eigenvalue weighted by Gasteiger charge is 2.33. The van der Waals surface area contributed by atoms with Gasteiger partial charge in [0.15, 0.2) is 0 Å². The fourth-order valence-electron chi connectivity index (χ4n) is 2.84. The van der Waals surface area contributed by atoms with Crippen LogP contribution >= 0.6 is 12.4 Å². The smallest absolute Gasteiger partial charge is 0.242 e. The summed E-state index contributed by atoms with van der Waals surface area (Å²) in [6.07, 6.45) is 2.94. The third kappa shape index (κ3) is 5.22. The number of carbonyl (C=O) groups is 2. The number of likely N-dealkylation sites (tertiary alicyclic amines) is 1. The van der Waals surface area contributed by atoms with Crippen LogP contribution in [0.5, 0.6) is 0 Å². The maximum Gasteiger partial charge on any atom is 0.242 e. The van der Waals surface area contributed by atoms with Gasteiger partial charge in [0.1, 0.15) is 6.04 Å². The number of rotatable bonds is 6. The summed E-state index contributed by atoms with van der Waals surface area (Å²) in [5, 5.41) is 2.89. The van der Waals surface area contributed by atoms with Crippen LogP contribution in [0.25, 0.3) is 0 Å². The molecule has 128 valence electrons. The second-order valence-electron chi connectivity index (χ2n) is 5.76. The van der Waals surface area contributed by atoms with E-state index in [4.69, 9.17) is 5.73 Å². The fourth-order valence-corrected chi connectivity index (χ4v) is 2.84. The van der Waals surface area contributed by atoms with Crippen LogP contribution in [-0.4, -0.2) is 35.8 Å². The number of nitrogens with two attached hydrogens (primary N) is 1. The highest BCUT2D eigenvalue weighted by atomic mass is 35.5. The molecule has 1 aromatic rings. The van der Waals surface area contributed by atoms with Gasteiger partial charge in [0.05, 0.1) is 0 Å². The molecule has 0 spiro atoms. The summed E-state index contributed by atoms with van der Waals surface area (Å²) in [6, 6.07) is 9.13. The number of halogens is 1. The Morgan fingerprint density at radius 1 is 1.35 bits per heavy atom. The van der Waals surface area contributed by atoms with Gasteiger partial charge in [-0.2, -0.15) is 0 Å². The van der Waals surface area contributed by atoms with Gasteiger partial charge in [-0.25, -0.2) is 0 Å². The van der Waals surface area contributed by atoms with Gasteiger partial charge in [0.25, 0.3) is 0 Å². The summed E-state index contributed by atoms with van der Waals surface area (Å²) in [5.74, 6) is -0.0131. The quantitative estimate of drug-likeness (QED) is 0.832. The Hall–Kier alpha value is -1.59. The minimum absolute atomic E-state index is 0. The summed E-state index contributed by atoms with van der Waals surface area (Å²) in [6.45, 7) is 3.04. The Labute approximate surface area is 144 Å². The maximum absolute atomic E-state index is 12.3. The van der Waals surface area contributed by atoms with Crippen molar-refractivity contribution in [3.8, 4) is 0 Å². The molecule has 2 unspecified atom stereocenters. The van der Waals surface area contributed by atoms with E-state index < -0.39 is 0 Å². The van der Waals surface area contributed by atoms with Crippen LogP contribution < -0.4 is 11.1 Å². The Morgan fingerprint density at radius 2 is 2.04 bits per heavy atom. The van der Waals surface area contributed by atoms with E-state index in [9.17, 15) is 9.59 Å². The molecule has 5 nitrogen and oxygen atoms in total. The Kier molecular flexibility index (Phi) is 8.06.